The molecule has 1 heterocycles. The van der Waals surface area contributed by atoms with Crippen molar-refractivity contribution in [1.82, 2.24) is 15.2 Å². The minimum Gasteiger partial charge on any atom is -0.497 e. The van der Waals surface area contributed by atoms with E-state index in [1.807, 2.05) is 45.0 Å². The predicted molar refractivity (Wildman–Crippen MR) is 103 cm³/mol. The molecule has 1 N–H and O–H groups in total. The second-order valence-corrected chi connectivity index (χ2v) is 7.83. The zero-order chi connectivity index (χ0) is 18.4. The Kier molecular flexibility index (Phi) is 6.56. The summed E-state index contributed by atoms with van der Waals surface area (Å²) in [4.78, 5) is 18.9. The van der Waals surface area contributed by atoms with E-state index >= 15 is 0 Å². The average molecular weight is 362 g/mol. The van der Waals surface area contributed by atoms with Crippen molar-refractivity contribution < 1.29 is 9.53 Å². The predicted octanol–water partition coefficient (Wildman–Crippen LogP) is 3.56. The summed E-state index contributed by atoms with van der Waals surface area (Å²) in [6.45, 7) is 9.87. The van der Waals surface area contributed by atoms with Crippen LogP contribution in [0, 0.1) is 0 Å². The van der Waals surface area contributed by atoms with Crippen molar-refractivity contribution in [3.63, 3.8) is 0 Å². The molecular weight excluding hydrogens is 334 g/mol. The summed E-state index contributed by atoms with van der Waals surface area (Å²) >= 11 is 1.62. The number of hydrogen-bond acceptors (Lipinski definition) is 5. The van der Waals surface area contributed by atoms with Crippen molar-refractivity contribution in [2.24, 2.45) is 0 Å². The van der Waals surface area contributed by atoms with Crippen LogP contribution in [0.1, 0.15) is 33.4 Å². The highest BCUT2D eigenvalue weighted by Crippen LogP contribution is 2.26. The quantitative estimate of drug-likeness (QED) is 0.819. The molecule has 136 valence electrons. The molecule has 2 rings (SSSR count). The first kappa shape index (κ1) is 19.4. The molecular formula is C19H27N3O2S. The lowest BCUT2D eigenvalue weighted by Gasteiger charge is -2.24. The van der Waals surface area contributed by atoms with Gasteiger partial charge in [-0.05, 0) is 51.6 Å². The van der Waals surface area contributed by atoms with Gasteiger partial charge in [0.25, 0.3) is 0 Å². The van der Waals surface area contributed by atoms with E-state index in [-0.39, 0.29) is 11.4 Å². The first-order chi connectivity index (χ1) is 11.8. The highest BCUT2D eigenvalue weighted by Gasteiger charge is 2.17. The van der Waals surface area contributed by atoms with Crippen LogP contribution >= 0.6 is 11.3 Å². The number of carbonyl (C=O) groups is 1. The molecule has 1 aromatic carbocycles. The highest BCUT2D eigenvalue weighted by atomic mass is 32.1. The average Bonchev–Trinajstić information content (AvgIpc) is 3.01. The van der Waals surface area contributed by atoms with E-state index in [4.69, 9.17) is 9.72 Å². The molecule has 0 bridgehead atoms. The molecule has 0 saturated carbocycles. The SMILES string of the molecule is CCN(CC(=O)NC(C)(C)C)Cc1csc(-c2ccc(OC)cc2)n1. The number of carbonyl (C=O) groups excluding carboxylic acids is 1. The van der Waals surface area contributed by atoms with Gasteiger partial charge in [-0.25, -0.2) is 4.98 Å². The van der Waals surface area contributed by atoms with E-state index < -0.39 is 0 Å². The van der Waals surface area contributed by atoms with E-state index in [0.29, 0.717) is 13.1 Å². The van der Waals surface area contributed by atoms with E-state index in [9.17, 15) is 4.79 Å². The second-order valence-electron chi connectivity index (χ2n) is 6.97. The third-order valence-corrected chi connectivity index (χ3v) is 4.54. The largest absolute Gasteiger partial charge is 0.497 e. The molecule has 0 aliphatic rings. The van der Waals surface area contributed by atoms with Crippen molar-refractivity contribution in [3.05, 3.63) is 35.3 Å². The van der Waals surface area contributed by atoms with Gasteiger partial charge in [0.15, 0.2) is 0 Å². The van der Waals surface area contributed by atoms with Crippen LogP contribution in [0.25, 0.3) is 10.6 Å². The Morgan fingerprint density at radius 1 is 1.28 bits per heavy atom. The fraction of sp³-hybridized carbons (Fsp3) is 0.474. The smallest absolute Gasteiger partial charge is 0.234 e. The van der Waals surface area contributed by atoms with Crippen LogP contribution in [0.3, 0.4) is 0 Å². The van der Waals surface area contributed by atoms with E-state index in [1.54, 1.807) is 18.4 Å². The summed E-state index contributed by atoms with van der Waals surface area (Å²) in [6.07, 6.45) is 0. The summed E-state index contributed by atoms with van der Waals surface area (Å²) in [7, 11) is 1.66. The maximum atomic E-state index is 12.1. The van der Waals surface area contributed by atoms with Crippen molar-refractivity contribution in [2.75, 3.05) is 20.2 Å². The maximum absolute atomic E-state index is 12.1. The van der Waals surface area contributed by atoms with Crippen LogP contribution in [0.15, 0.2) is 29.6 Å². The number of hydrogen-bond donors (Lipinski definition) is 1. The van der Waals surface area contributed by atoms with E-state index in [0.717, 1.165) is 28.6 Å². The number of rotatable bonds is 7. The molecule has 1 amide bonds. The molecule has 0 aliphatic heterocycles. The first-order valence-corrected chi connectivity index (χ1v) is 9.31. The van der Waals surface area contributed by atoms with Gasteiger partial charge >= 0.3 is 0 Å². The molecule has 0 aliphatic carbocycles. The van der Waals surface area contributed by atoms with Gasteiger partial charge in [-0.15, -0.1) is 11.3 Å². The zero-order valence-corrected chi connectivity index (χ0v) is 16.4. The Hall–Kier alpha value is -1.92. The third-order valence-electron chi connectivity index (χ3n) is 3.60. The summed E-state index contributed by atoms with van der Waals surface area (Å²) < 4.78 is 5.19. The maximum Gasteiger partial charge on any atom is 0.234 e. The van der Waals surface area contributed by atoms with Gasteiger partial charge in [0.1, 0.15) is 10.8 Å². The standard InChI is InChI=1S/C19H27N3O2S/c1-6-22(12-17(23)21-19(2,3)4)11-15-13-25-18(20-15)14-7-9-16(24-5)10-8-14/h7-10,13H,6,11-12H2,1-5H3,(H,21,23). The minimum atomic E-state index is -0.210. The lowest BCUT2D eigenvalue weighted by molar-refractivity contribution is -0.123. The fourth-order valence-corrected chi connectivity index (χ4v) is 3.23. The Morgan fingerprint density at radius 2 is 1.96 bits per heavy atom. The van der Waals surface area contributed by atoms with Gasteiger partial charge in [0.2, 0.25) is 5.91 Å². The highest BCUT2D eigenvalue weighted by molar-refractivity contribution is 7.13. The molecule has 2 aromatic rings. The van der Waals surface area contributed by atoms with Gasteiger partial charge in [-0.3, -0.25) is 9.69 Å². The van der Waals surface area contributed by atoms with Crippen LogP contribution in [0.5, 0.6) is 5.75 Å². The van der Waals surface area contributed by atoms with Gasteiger partial charge in [0.05, 0.1) is 19.3 Å². The number of ether oxygens (including phenoxy) is 1. The Morgan fingerprint density at radius 3 is 2.52 bits per heavy atom. The molecule has 6 heteroatoms. The second kappa shape index (κ2) is 8.45. The topological polar surface area (TPSA) is 54.5 Å². The van der Waals surface area contributed by atoms with Crippen LogP contribution in [-0.2, 0) is 11.3 Å². The molecule has 1 aromatic heterocycles. The number of amides is 1. The van der Waals surface area contributed by atoms with E-state index in [1.165, 1.54) is 0 Å². The normalized spacial score (nSPS) is 11.6. The Balaban J connectivity index is 1.99. The number of benzene rings is 1. The molecule has 0 unspecified atom stereocenters. The molecule has 0 spiro atoms. The number of likely N-dealkylation sites (N-methyl/N-ethyl adjacent to an activating group) is 1. The summed E-state index contributed by atoms with van der Waals surface area (Å²) in [6, 6.07) is 7.89. The number of aromatic nitrogens is 1. The van der Waals surface area contributed by atoms with Crippen LogP contribution in [0.4, 0.5) is 0 Å². The van der Waals surface area contributed by atoms with Gasteiger partial charge in [-0.1, -0.05) is 6.92 Å². The van der Waals surface area contributed by atoms with Gasteiger partial charge in [-0.2, -0.15) is 0 Å². The number of thiazole rings is 1. The fourth-order valence-electron chi connectivity index (χ4n) is 2.42. The number of nitrogens with zero attached hydrogens (tertiary/aromatic N) is 2. The van der Waals surface area contributed by atoms with Crippen LogP contribution in [-0.4, -0.2) is 41.5 Å². The third kappa shape index (κ3) is 6.14. The summed E-state index contributed by atoms with van der Waals surface area (Å²) in [5, 5.41) is 6.04. The molecule has 25 heavy (non-hydrogen) atoms. The van der Waals surface area contributed by atoms with Gasteiger partial charge < -0.3 is 10.1 Å². The molecule has 0 fully saturated rings. The summed E-state index contributed by atoms with van der Waals surface area (Å²) in [5.41, 5.74) is 1.85. The zero-order valence-electron chi connectivity index (χ0n) is 15.6. The van der Waals surface area contributed by atoms with Crippen molar-refractivity contribution >= 4 is 17.2 Å². The monoisotopic (exact) mass is 361 g/mol. The van der Waals surface area contributed by atoms with Gasteiger partial charge in [0, 0.05) is 23.0 Å². The number of methoxy groups -OCH3 is 1. The summed E-state index contributed by atoms with van der Waals surface area (Å²) in [5.74, 6) is 0.877. The van der Waals surface area contributed by atoms with E-state index in [2.05, 4.69) is 22.5 Å². The minimum absolute atomic E-state index is 0.0416. The Labute approximate surface area is 154 Å². The lowest BCUT2D eigenvalue weighted by atomic mass is 10.1. The number of nitrogens with one attached hydrogen (secondary N) is 1. The molecule has 0 saturated heterocycles. The Bertz CT molecular complexity index is 689. The molecule has 5 nitrogen and oxygen atoms in total. The van der Waals surface area contributed by atoms with Crippen molar-refractivity contribution in [3.8, 4) is 16.3 Å². The van der Waals surface area contributed by atoms with Crippen molar-refractivity contribution in [1.29, 1.82) is 0 Å². The molecule has 0 atom stereocenters. The van der Waals surface area contributed by atoms with Crippen molar-refractivity contribution in [2.45, 2.75) is 39.8 Å². The molecule has 0 radical (unpaired) electrons. The first-order valence-electron chi connectivity index (χ1n) is 8.43. The lowest BCUT2D eigenvalue weighted by Crippen LogP contribution is -2.45. The van der Waals surface area contributed by atoms with Crippen LogP contribution in [0.2, 0.25) is 0 Å². The van der Waals surface area contributed by atoms with Crippen LogP contribution < -0.4 is 10.1 Å².